The molecule has 0 amide bonds. The molecule has 0 aliphatic rings. The summed E-state index contributed by atoms with van der Waals surface area (Å²) < 4.78 is 16.6. The second kappa shape index (κ2) is 31.1. The number of hydrogen-bond acceptors (Lipinski definition) is 3. The van der Waals surface area contributed by atoms with Crippen molar-refractivity contribution in [1.29, 1.82) is 0 Å². The molecule has 0 spiro atoms. The quantitative estimate of drug-likeness (QED) is 0.0773. The molecule has 0 rings (SSSR count). The van der Waals surface area contributed by atoms with Crippen LogP contribution in [0.15, 0.2) is 36.6 Å². The summed E-state index contributed by atoms with van der Waals surface area (Å²) in [5, 5.41) is 0. The van der Waals surface area contributed by atoms with E-state index in [0.717, 1.165) is 51.9 Å². The van der Waals surface area contributed by atoms with Crippen molar-refractivity contribution in [3.05, 3.63) is 36.6 Å². The van der Waals surface area contributed by atoms with Crippen LogP contribution in [0.2, 0.25) is 0 Å². The molecule has 0 aromatic rings. The molecule has 0 heterocycles. The number of allylic oxidation sites excluding steroid dienone is 5. The first-order valence-corrected chi connectivity index (χ1v) is 13.1. The van der Waals surface area contributed by atoms with Gasteiger partial charge in [-0.3, -0.25) is 0 Å². The van der Waals surface area contributed by atoms with Crippen LogP contribution < -0.4 is 0 Å². The average molecular weight is 439 g/mol. The van der Waals surface area contributed by atoms with Gasteiger partial charge in [-0.25, -0.2) is 0 Å². The molecule has 184 valence electrons. The molecule has 3 heteroatoms. The molecular weight excluding hydrogens is 384 g/mol. The van der Waals surface area contributed by atoms with Gasteiger partial charge in [-0.05, 0) is 44.6 Å². The molecule has 0 atom stereocenters. The molecule has 0 saturated carbocycles. The van der Waals surface area contributed by atoms with E-state index < -0.39 is 0 Å². The maximum absolute atomic E-state index is 5.65. The van der Waals surface area contributed by atoms with E-state index in [4.69, 9.17) is 14.2 Å². The highest BCUT2D eigenvalue weighted by molar-refractivity contribution is 5.09. The van der Waals surface area contributed by atoms with E-state index in [1.807, 2.05) is 12.2 Å². The summed E-state index contributed by atoms with van der Waals surface area (Å²) in [6, 6.07) is 0. The normalized spacial score (nSPS) is 11.7. The van der Waals surface area contributed by atoms with Crippen LogP contribution >= 0.6 is 0 Å². The highest BCUT2D eigenvalue weighted by Gasteiger charge is 2.06. The van der Waals surface area contributed by atoms with Crippen molar-refractivity contribution in [1.82, 2.24) is 0 Å². The Kier molecular flexibility index (Phi) is 32.3. The fraction of sp³-hybridized carbons (Fsp3) is 0.786. The maximum atomic E-state index is 5.65. The van der Waals surface area contributed by atoms with Crippen molar-refractivity contribution in [2.45, 2.75) is 124 Å². The minimum Gasteiger partial charge on any atom is -0.501 e. The lowest BCUT2D eigenvalue weighted by molar-refractivity contribution is -0.147. The monoisotopic (exact) mass is 438 g/mol. The molecular formula is C28H54O3. The molecule has 31 heavy (non-hydrogen) atoms. The van der Waals surface area contributed by atoms with Crippen LogP contribution in [0.3, 0.4) is 0 Å². The van der Waals surface area contributed by atoms with Crippen molar-refractivity contribution in [3.63, 3.8) is 0 Å². The first kappa shape index (κ1) is 32.1. The van der Waals surface area contributed by atoms with E-state index in [0.29, 0.717) is 0 Å². The molecule has 0 saturated heterocycles. The van der Waals surface area contributed by atoms with Crippen LogP contribution in [-0.2, 0) is 14.2 Å². The van der Waals surface area contributed by atoms with Gasteiger partial charge in [0, 0.05) is 13.2 Å². The third kappa shape index (κ3) is 31.2. The first-order chi connectivity index (χ1) is 15.3. The number of hydrogen-bond donors (Lipinski definition) is 0. The lowest BCUT2D eigenvalue weighted by Gasteiger charge is -2.17. The zero-order valence-corrected chi connectivity index (χ0v) is 21.6. The highest BCUT2D eigenvalue weighted by atomic mass is 16.7. The third-order valence-electron chi connectivity index (χ3n) is 4.61. The molecule has 0 unspecified atom stereocenters. The first-order valence-electron chi connectivity index (χ1n) is 13.1. The number of ether oxygens (including phenoxy) is 3. The molecule has 0 aliphatic carbocycles. The van der Waals surface area contributed by atoms with Gasteiger partial charge in [0.1, 0.15) is 0 Å². The van der Waals surface area contributed by atoms with Crippen LogP contribution in [0.25, 0.3) is 0 Å². The Balaban J connectivity index is 0. The minimum absolute atomic E-state index is 0.0399. The SMILES string of the molecule is CCCCCC/C=C/C=C/C=C/OCCCC.CCCCOC(CCC)OCCCC. The topological polar surface area (TPSA) is 27.7 Å². The van der Waals surface area contributed by atoms with Crippen LogP contribution in [-0.4, -0.2) is 26.1 Å². The van der Waals surface area contributed by atoms with E-state index in [1.165, 1.54) is 51.4 Å². The van der Waals surface area contributed by atoms with Gasteiger partial charge in [-0.15, -0.1) is 0 Å². The molecule has 0 fully saturated rings. The predicted molar refractivity (Wildman–Crippen MR) is 137 cm³/mol. The average Bonchev–Trinajstić information content (AvgIpc) is 2.78. The number of rotatable bonds is 21. The molecule has 0 aliphatic heterocycles. The standard InChI is InChI=1S/C16H28O.C12H26O2/c1-3-5-7-8-9-10-11-12-13-14-16-17-15-6-4-2;1-4-7-10-13-12(9-6-3)14-11-8-5-2/h10-14,16H,3-9,15H2,1-2H3;12H,4-11H2,1-3H3/b11-10+,13-12+,16-14+;. The smallest absolute Gasteiger partial charge is 0.157 e. The van der Waals surface area contributed by atoms with E-state index in [1.54, 1.807) is 6.26 Å². The van der Waals surface area contributed by atoms with Crippen molar-refractivity contribution in [3.8, 4) is 0 Å². The molecule has 0 aromatic carbocycles. The zero-order chi connectivity index (χ0) is 23.3. The van der Waals surface area contributed by atoms with Gasteiger partial charge in [0.05, 0.1) is 12.9 Å². The Morgan fingerprint density at radius 2 is 1.13 bits per heavy atom. The van der Waals surface area contributed by atoms with Gasteiger partial charge in [-0.1, -0.05) is 104 Å². The second-order valence-electron chi connectivity index (χ2n) is 7.88. The van der Waals surface area contributed by atoms with E-state index in [-0.39, 0.29) is 6.29 Å². The highest BCUT2D eigenvalue weighted by Crippen LogP contribution is 2.06. The van der Waals surface area contributed by atoms with Crippen LogP contribution in [0.5, 0.6) is 0 Å². The summed E-state index contributed by atoms with van der Waals surface area (Å²) in [5.74, 6) is 0. The Hall–Kier alpha value is -1.06. The van der Waals surface area contributed by atoms with E-state index in [2.05, 4.69) is 52.8 Å². The summed E-state index contributed by atoms with van der Waals surface area (Å²) in [4.78, 5) is 0. The summed E-state index contributed by atoms with van der Waals surface area (Å²) in [5.41, 5.74) is 0. The fourth-order valence-electron chi connectivity index (χ4n) is 2.56. The molecule has 0 radical (unpaired) electrons. The third-order valence-corrected chi connectivity index (χ3v) is 4.61. The summed E-state index contributed by atoms with van der Waals surface area (Å²) in [6.07, 6.45) is 27.8. The van der Waals surface area contributed by atoms with Crippen molar-refractivity contribution in [2.24, 2.45) is 0 Å². The fourth-order valence-corrected chi connectivity index (χ4v) is 2.56. The van der Waals surface area contributed by atoms with Crippen LogP contribution in [0.4, 0.5) is 0 Å². The maximum Gasteiger partial charge on any atom is 0.157 e. The molecule has 0 bridgehead atoms. The molecule has 3 nitrogen and oxygen atoms in total. The van der Waals surface area contributed by atoms with Gasteiger partial charge in [-0.2, -0.15) is 0 Å². The summed E-state index contributed by atoms with van der Waals surface area (Å²) in [6.45, 7) is 13.4. The van der Waals surface area contributed by atoms with Crippen LogP contribution in [0, 0.1) is 0 Å². The lowest BCUT2D eigenvalue weighted by atomic mass is 10.1. The van der Waals surface area contributed by atoms with E-state index in [9.17, 15) is 0 Å². The number of unbranched alkanes of at least 4 members (excludes halogenated alkanes) is 7. The van der Waals surface area contributed by atoms with Crippen molar-refractivity contribution in [2.75, 3.05) is 19.8 Å². The van der Waals surface area contributed by atoms with Crippen molar-refractivity contribution < 1.29 is 14.2 Å². The summed E-state index contributed by atoms with van der Waals surface area (Å²) in [7, 11) is 0. The van der Waals surface area contributed by atoms with Gasteiger partial charge in [0.25, 0.3) is 0 Å². The van der Waals surface area contributed by atoms with Crippen molar-refractivity contribution >= 4 is 0 Å². The molecule has 0 N–H and O–H groups in total. The Labute approximate surface area is 195 Å². The largest absolute Gasteiger partial charge is 0.501 e. The summed E-state index contributed by atoms with van der Waals surface area (Å²) >= 11 is 0. The molecule has 0 aromatic heterocycles. The second-order valence-corrected chi connectivity index (χ2v) is 7.88. The van der Waals surface area contributed by atoms with Crippen LogP contribution in [0.1, 0.15) is 118 Å². The van der Waals surface area contributed by atoms with E-state index >= 15 is 0 Å². The van der Waals surface area contributed by atoms with Gasteiger partial charge in [0.15, 0.2) is 6.29 Å². The Morgan fingerprint density at radius 3 is 1.71 bits per heavy atom. The Morgan fingerprint density at radius 1 is 0.548 bits per heavy atom. The minimum atomic E-state index is 0.0399. The van der Waals surface area contributed by atoms with Gasteiger partial charge in [0.2, 0.25) is 0 Å². The predicted octanol–water partition coefficient (Wildman–Crippen LogP) is 9.15. The van der Waals surface area contributed by atoms with Gasteiger partial charge < -0.3 is 14.2 Å². The lowest BCUT2D eigenvalue weighted by Crippen LogP contribution is -2.18. The Bertz CT molecular complexity index is 378. The zero-order valence-electron chi connectivity index (χ0n) is 21.6. The van der Waals surface area contributed by atoms with Gasteiger partial charge >= 0.3 is 0 Å².